The normalized spacial score (nSPS) is 16.8. The van der Waals surface area contributed by atoms with Gasteiger partial charge in [0.15, 0.2) is 5.82 Å². The summed E-state index contributed by atoms with van der Waals surface area (Å²) in [7, 11) is 0. The number of nitrogens with two attached hydrogens (primary N) is 1. The van der Waals surface area contributed by atoms with Crippen molar-refractivity contribution in [2.45, 2.75) is 38.1 Å². The van der Waals surface area contributed by atoms with Crippen molar-refractivity contribution in [1.82, 2.24) is 25.1 Å². The van der Waals surface area contributed by atoms with Crippen LogP contribution in [0.2, 0.25) is 0 Å². The van der Waals surface area contributed by atoms with Gasteiger partial charge in [-0.3, -0.25) is 14.8 Å². The largest absolute Gasteiger partial charge is 0.332 e. The van der Waals surface area contributed by atoms with E-state index in [4.69, 9.17) is 10.3 Å². The highest BCUT2D eigenvalue weighted by atomic mass is 16.5. The number of hydrogen-bond donors (Lipinski definition) is 3. The van der Waals surface area contributed by atoms with E-state index in [1.54, 1.807) is 13.0 Å². The minimum Gasteiger partial charge on any atom is -0.332 e. The zero-order valence-corrected chi connectivity index (χ0v) is 13.0. The topological polar surface area (TPSA) is 144 Å². The zero-order valence-electron chi connectivity index (χ0n) is 13.0. The van der Waals surface area contributed by atoms with Crippen LogP contribution in [0, 0.1) is 6.92 Å². The molecule has 24 heavy (non-hydrogen) atoms. The zero-order chi connectivity index (χ0) is 16.9. The number of aromatic nitrogens is 5. The predicted molar refractivity (Wildman–Crippen MR) is 85.3 cm³/mol. The van der Waals surface area contributed by atoms with E-state index in [0.29, 0.717) is 22.5 Å². The maximum Gasteiger partial charge on any atom is 0.327 e. The molecule has 0 radical (unpaired) electrons. The average molecular weight is 328 g/mol. The smallest absolute Gasteiger partial charge is 0.327 e. The van der Waals surface area contributed by atoms with Crippen LogP contribution in [0.5, 0.6) is 0 Å². The lowest BCUT2D eigenvalue weighted by Crippen LogP contribution is -2.34. The molecular formula is C15H16N6O3. The molecule has 4 N–H and O–H groups in total. The van der Waals surface area contributed by atoms with Gasteiger partial charge >= 0.3 is 5.69 Å². The molecule has 3 aromatic heterocycles. The minimum absolute atomic E-state index is 0.182. The quantitative estimate of drug-likeness (QED) is 0.628. The Balaban J connectivity index is 1.84. The maximum atomic E-state index is 11.9. The first kappa shape index (κ1) is 14.8. The fourth-order valence-electron chi connectivity index (χ4n) is 3.22. The van der Waals surface area contributed by atoms with E-state index in [2.05, 4.69) is 25.1 Å². The highest BCUT2D eigenvalue weighted by molar-refractivity contribution is 5.79. The Morgan fingerprint density at radius 1 is 1.21 bits per heavy atom. The third kappa shape index (κ3) is 2.24. The van der Waals surface area contributed by atoms with Crippen molar-refractivity contribution >= 4 is 11.0 Å². The Bertz CT molecular complexity index is 1040. The number of nitrogens with one attached hydrogen (secondary N) is 2. The molecule has 3 heterocycles. The Labute approximate surface area is 135 Å². The number of aromatic amines is 2. The summed E-state index contributed by atoms with van der Waals surface area (Å²) < 4.78 is 5.31. The molecule has 9 nitrogen and oxygen atoms in total. The number of nitrogens with zero attached hydrogens (tertiary/aromatic N) is 3. The standard InChI is InChI=1S/C15H16N6O3/c1-7-6-8(17-10-9(7)11(22)19-14(23)18-10)12-20-13(21-24-12)15(16)4-2-3-5-15/h6H,2-5,16H2,1H3,(H2,17,18,19,22,23). The van der Waals surface area contributed by atoms with E-state index in [1.807, 2.05) is 0 Å². The van der Waals surface area contributed by atoms with Crippen LogP contribution in [0.4, 0.5) is 0 Å². The first-order valence-corrected chi connectivity index (χ1v) is 7.74. The van der Waals surface area contributed by atoms with Crippen LogP contribution < -0.4 is 17.0 Å². The molecule has 1 aliphatic carbocycles. The molecule has 0 spiro atoms. The summed E-state index contributed by atoms with van der Waals surface area (Å²) in [5.74, 6) is 0.682. The lowest BCUT2D eigenvalue weighted by atomic mass is 9.99. The Kier molecular flexibility index (Phi) is 3.14. The molecule has 0 aromatic carbocycles. The minimum atomic E-state index is -0.616. The van der Waals surface area contributed by atoms with Crippen LogP contribution in [0.15, 0.2) is 20.2 Å². The molecule has 0 aliphatic heterocycles. The van der Waals surface area contributed by atoms with Crippen molar-refractivity contribution in [3.8, 4) is 11.6 Å². The SMILES string of the molecule is Cc1cc(-c2nc(C3(N)CCCC3)no2)nc2[nH]c(=O)[nH]c(=O)c12. The molecule has 1 fully saturated rings. The number of hydrogen-bond acceptors (Lipinski definition) is 7. The number of pyridine rings is 1. The number of fused-ring (bicyclic) bond motifs is 1. The van der Waals surface area contributed by atoms with Crippen molar-refractivity contribution in [3.05, 3.63) is 38.3 Å². The van der Waals surface area contributed by atoms with Gasteiger partial charge in [-0.1, -0.05) is 18.0 Å². The lowest BCUT2D eigenvalue weighted by Gasteiger charge is -2.17. The number of H-pyrrole nitrogens is 2. The van der Waals surface area contributed by atoms with E-state index >= 15 is 0 Å². The van der Waals surface area contributed by atoms with E-state index in [9.17, 15) is 9.59 Å². The molecule has 3 aromatic rings. The number of aryl methyl sites for hydroxylation is 1. The molecule has 0 saturated heterocycles. The molecule has 1 saturated carbocycles. The molecule has 0 amide bonds. The lowest BCUT2D eigenvalue weighted by molar-refractivity contribution is 0.372. The fourth-order valence-corrected chi connectivity index (χ4v) is 3.22. The first-order valence-electron chi connectivity index (χ1n) is 7.74. The van der Waals surface area contributed by atoms with Crippen LogP contribution in [0.1, 0.15) is 37.1 Å². The third-order valence-electron chi connectivity index (χ3n) is 4.49. The summed E-state index contributed by atoms with van der Waals surface area (Å²) in [5, 5.41) is 4.32. The van der Waals surface area contributed by atoms with Crippen molar-refractivity contribution in [2.24, 2.45) is 5.73 Å². The Morgan fingerprint density at radius 3 is 2.71 bits per heavy atom. The summed E-state index contributed by atoms with van der Waals surface area (Å²) in [4.78, 5) is 36.7. The summed E-state index contributed by atoms with van der Waals surface area (Å²) in [6.45, 7) is 1.75. The number of rotatable bonds is 2. The maximum absolute atomic E-state index is 11.9. The Hall–Kier alpha value is -2.81. The van der Waals surface area contributed by atoms with E-state index in [1.165, 1.54) is 0 Å². The summed E-state index contributed by atoms with van der Waals surface area (Å²) in [6, 6.07) is 1.67. The van der Waals surface area contributed by atoms with Gasteiger partial charge in [0, 0.05) is 0 Å². The third-order valence-corrected chi connectivity index (χ3v) is 4.49. The molecule has 9 heteroatoms. The van der Waals surface area contributed by atoms with Crippen LogP contribution in [0.25, 0.3) is 22.6 Å². The van der Waals surface area contributed by atoms with Gasteiger partial charge in [-0.15, -0.1) is 0 Å². The molecule has 0 unspecified atom stereocenters. The second-order valence-electron chi connectivity index (χ2n) is 6.24. The summed E-state index contributed by atoms with van der Waals surface area (Å²) in [5.41, 5.74) is 5.90. The molecule has 124 valence electrons. The van der Waals surface area contributed by atoms with Crippen molar-refractivity contribution < 1.29 is 4.52 Å². The van der Waals surface area contributed by atoms with Crippen LogP contribution in [-0.4, -0.2) is 25.1 Å². The van der Waals surface area contributed by atoms with Gasteiger partial charge in [-0.25, -0.2) is 9.78 Å². The molecule has 0 bridgehead atoms. The fraction of sp³-hybridized carbons (Fsp3) is 0.400. The van der Waals surface area contributed by atoms with Crippen LogP contribution >= 0.6 is 0 Å². The molecular weight excluding hydrogens is 312 g/mol. The molecule has 1 aliphatic rings. The second-order valence-corrected chi connectivity index (χ2v) is 6.24. The van der Waals surface area contributed by atoms with E-state index in [-0.39, 0.29) is 11.5 Å². The van der Waals surface area contributed by atoms with Gasteiger partial charge in [0.25, 0.3) is 11.4 Å². The van der Waals surface area contributed by atoms with Gasteiger partial charge in [0.2, 0.25) is 0 Å². The van der Waals surface area contributed by atoms with Crippen molar-refractivity contribution in [2.75, 3.05) is 0 Å². The Morgan fingerprint density at radius 2 is 1.96 bits per heavy atom. The van der Waals surface area contributed by atoms with Gasteiger partial charge in [0.05, 0.1) is 10.9 Å². The first-order chi connectivity index (χ1) is 11.5. The van der Waals surface area contributed by atoms with E-state index in [0.717, 1.165) is 25.7 Å². The van der Waals surface area contributed by atoms with Crippen LogP contribution in [0.3, 0.4) is 0 Å². The monoisotopic (exact) mass is 328 g/mol. The van der Waals surface area contributed by atoms with Gasteiger partial charge < -0.3 is 10.3 Å². The summed E-state index contributed by atoms with van der Waals surface area (Å²) >= 11 is 0. The molecule has 0 atom stereocenters. The van der Waals surface area contributed by atoms with Crippen molar-refractivity contribution in [3.63, 3.8) is 0 Å². The van der Waals surface area contributed by atoms with Gasteiger partial charge in [0.1, 0.15) is 11.3 Å². The van der Waals surface area contributed by atoms with E-state index < -0.39 is 16.8 Å². The van der Waals surface area contributed by atoms with Crippen molar-refractivity contribution in [1.29, 1.82) is 0 Å². The highest BCUT2D eigenvalue weighted by Gasteiger charge is 2.36. The summed E-state index contributed by atoms with van der Waals surface area (Å²) in [6.07, 6.45) is 3.72. The molecule has 4 rings (SSSR count). The average Bonchev–Trinajstić information content (AvgIpc) is 3.15. The van der Waals surface area contributed by atoms with Gasteiger partial charge in [-0.2, -0.15) is 4.98 Å². The predicted octanol–water partition coefficient (Wildman–Crippen LogP) is 0.698. The van der Waals surface area contributed by atoms with Gasteiger partial charge in [-0.05, 0) is 31.4 Å². The van der Waals surface area contributed by atoms with Crippen LogP contribution in [-0.2, 0) is 5.54 Å². The highest BCUT2D eigenvalue weighted by Crippen LogP contribution is 2.35. The second kappa shape index (κ2) is 5.10.